The Morgan fingerprint density at radius 3 is 2.60 bits per heavy atom. The monoisotopic (exact) mass is 584 g/mol. The lowest BCUT2D eigenvalue weighted by atomic mass is 9.84. The largest absolute Gasteiger partial charge is 0.494 e. The molecule has 3 heterocycles. The van der Waals surface area contributed by atoms with Gasteiger partial charge in [-0.1, -0.05) is 32.1 Å². The summed E-state index contributed by atoms with van der Waals surface area (Å²) >= 11 is 0. The summed E-state index contributed by atoms with van der Waals surface area (Å²) in [6.45, 7) is 11.2. The highest BCUT2D eigenvalue weighted by atomic mass is 19.1. The van der Waals surface area contributed by atoms with Crippen molar-refractivity contribution in [3.63, 3.8) is 0 Å². The van der Waals surface area contributed by atoms with E-state index >= 15 is 4.39 Å². The summed E-state index contributed by atoms with van der Waals surface area (Å²) in [7, 11) is 1.53. The zero-order valence-electron chi connectivity index (χ0n) is 25.8. The number of hydrogen-bond acceptors (Lipinski definition) is 6. The van der Waals surface area contributed by atoms with E-state index in [1.165, 1.54) is 20.0 Å². The summed E-state index contributed by atoms with van der Waals surface area (Å²) in [6, 6.07) is 10.9. The SMILES string of the molecule is COc1c(NC(=O)c2ccc(C)c(-n3cc(-c4cccnc4)nn3)c2)cc(C(C)(C)C)c(F)c1CCCCN1CCCC1. The zero-order chi connectivity index (χ0) is 30.6. The smallest absolute Gasteiger partial charge is 0.255 e. The molecular weight excluding hydrogens is 543 g/mol. The molecule has 1 aliphatic heterocycles. The fourth-order valence-corrected chi connectivity index (χ4v) is 5.66. The molecule has 1 N–H and O–H groups in total. The van der Waals surface area contributed by atoms with E-state index in [4.69, 9.17) is 4.74 Å². The molecule has 5 rings (SSSR count). The summed E-state index contributed by atoms with van der Waals surface area (Å²) < 4.78 is 23.4. The number of hydrogen-bond donors (Lipinski definition) is 1. The summed E-state index contributed by atoms with van der Waals surface area (Å²) in [5.74, 6) is -0.194. The van der Waals surface area contributed by atoms with Crippen molar-refractivity contribution in [3.05, 3.63) is 83.1 Å². The maximum atomic E-state index is 16.0. The third kappa shape index (κ3) is 6.94. The molecule has 43 heavy (non-hydrogen) atoms. The molecular formula is C34H41FN6O2. The van der Waals surface area contributed by atoms with Crippen molar-refractivity contribution in [3.8, 4) is 22.7 Å². The van der Waals surface area contributed by atoms with Gasteiger partial charge in [-0.15, -0.1) is 5.10 Å². The lowest BCUT2D eigenvalue weighted by Gasteiger charge is -2.25. The molecule has 1 fully saturated rings. The van der Waals surface area contributed by atoms with Gasteiger partial charge in [0.15, 0.2) is 0 Å². The van der Waals surface area contributed by atoms with Crippen LogP contribution in [-0.2, 0) is 11.8 Å². The predicted octanol–water partition coefficient (Wildman–Crippen LogP) is 6.75. The number of nitrogens with zero attached hydrogens (tertiary/aromatic N) is 5. The summed E-state index contributed by atoms with van der Waals surface area (Å²) in [5.41, 5.74) is 4.71. The topological polar surface area (TPSA) is 85.2 Å². The lowest BCUT2D eigenvalue weighted by molar-refractivity contribution is 0.102. The van der Waals surface area contributed by atoms with Crippen molar-refractivity contribution in [2.75, 3.05) is 32.1 Å². The number of rotatable bonds is 10. The second-order valence-electron chi connectivity index (χ2n) is 12.3. The fraction of sp³-hybridized carbons (Fsp3) is 0.412. The molecule has 8 nitrogen and oxygen atoms in total. The van der Waals surface area contributed by atoms with Crippen LogP contribution in [0.3, 0.4) is 0 Å². The molecule has 4 aromatic rings. The predicted molar refractivity (Wildman–Crippen MR) is 168 cm³/mol. The average molecular weight is 585 g/mol. The molecule has 2 aromatic heterocycles. The van der Waals surface area contributed by atoms with Gasteiger partial charge in [0.25, 0.3) is 5.91 Å². The normalized spacial score (nSPS) is 13.8. The van der Waals surface area contributed by atoms with Gasteiger partial charge in [0.2, 0.25) is 0 Å². The van der Waals surface area contributed by atoms with E-state index in [0.29, 0.717) is 40.2 Å². The molecule has 1 amide bonds. The molecule has 1 aliphatic rings. The average Bonchev–Trinajstić information content (AvgIpc) is 3.69. The number of benzene rings is 2. The lowest BCUT2D eigenvalue weighted by Crippen LogP contribution is -2.21. The van der Waals surface area contributed by atoms with Crippen LogP contribution in [0, 0.1) is 12.7 Å². The summed E-state index contributed by atoms with van der Waals surface area (Å²) in [4.78, 5) is 20.3. The van der Waals surface area contributed by atoms with Crippen molar-refractivity contribution in [2.45, 2.75) is 65.2 Å². The van der Waals surface area contributed by atoms with Crippen LogP contribution >= 0.6 is 0 Å². The highest BCUT2D eigenvalue weighted by Crippen LogP contribution is 2.39. The van der Waals surface area contributed by atoms with E-state index in [2.05, 4.69) is 25.5 Å². The summed E-state index contributed by atoms with van der Waals surface area (Å²) in [5, 5.41) is 11.6. The Morgan fingerprint density at radius 1 is 1.12 bits per heavy atom. The first-order chi connectivity index (χ1) is 20.7. The van der Waals surface area contributed by atoms with Gasteiger partial charge in [0.1, 0.15) is 17.3 Å². The minimum Gasteiger partial charge on any atom is -0.494 e. The third-order valence-corrected chi connectivity index (χ3v) is 8.09. The first-order valence-electron chi connectivity index (χ1n) is 15.0. The molecule has 0 bridgehead atoms. The van der Waals surface area contributed by atoms with Gasteiger partial charge >= 0.3 is 0 Å². The van der Waals surface area contributed by atoms with Crippen molar-refractivity contribution in [1.29, 1.82) is 0 Å². The van der Waals surface area contributed by atoms with Gasteiger partial charge in [-0.25, -0.2) is 9.07 Å². The Labute approximate surface area is 253 Å². The van der Waals surface area contributed by atoms with Crippen molar-refractivity contribution < 1.29 is 13.9 Å². The molecule has 0 atom stereocenters. The molecule has 0 saturated carbocycles. The Hall–Kier alpha value is -4.11. The quantitative estimate of drug-likeness (QED) is 0.208. The van der Waals surface area contributed by atoms with Crippen LogP contribution < -0.4 is 10.1 Å². The first kappa shape index (κ1) is 30.4. The second-order valence-corrected chi connectivity index (χ2v) is 12.3. The number of unbranched alkanes of at least 4 members (excludes halogenated alkanes) is 1. The number of pyridine rings is 1. The van der Waals surface area contributed by atoms with E-state index in [1.54, 1.807) is 35.3 Å². The molecule has 0 radical (unpaired) electrons. The van der Waals surface area contributed by atoms with E-state index in [1.807, 2.05) is 52.1 Å². The highest BCUT2D eigenvalue weighted by Gasteiger charge is 2.27. The number of ether oxygens (including phenoxy) is 1. The number of nitrogens with one attached hydrogen (secondary N) is 1. The van der Waals surface area contributed by atoms with E-state index in [9.17, 15) is 4.79 Å². The number of methoxy groups -OCH3 is 1. The fourth-order valence-electron chi connectivity index (χ4n) is 5.66. The van der Waals surface area contributed by atoms with Crippen LogP contribution in [0.1, 0.15) is 73.5 Å². The van der Waals surface area contributed by atoms with Crippen LogP contribution in [0.2, 0.25) is 0 Å². The molecule has 1 saturated heterocycles. The van der Waals surface area contributed by atoms with Gasteiger partial charge in [-0.2, -0.15) is 0 Å². The number of likely N-dealkylation sites (tertiary alicyclic amines) is 1. The first-order valence-corrected chi connectivity index (χ1v) is 15.0. The number of carbonyl (C=O) groups excluding carboxylic acids is 1. The van der Waals surface area contributed by atoms with Crippen LogP contribution in [0.25, 0.3) is 16.9 Å². The van der Waals surface area contributed by atoms with Crippen molar-refractivity contribution in [2.24, 2.45) is 0 Å². The van der Waals surface area contributed by atoms with Crippen LogP contribution in [0.15, 0.2) is 55.0 Å². The molecule has 0 aliphatic carbocycles. The molecule has 0 spiro atoms. The van der Waals surface area contributed by atoms with Crippen LogP contribution in [0.4, 0.5) is 10.1 Å². The Bertz CT molecular complexity index is 1570. The van der Waals surface area contributed by atoms with Crippen molar-refractivity contribution >= 4 is 11.6 Å². The molecule has 226 valence electrons. The van der Waals surface area contributed by atoms with E-state index in [0.717, 1.165) is 49.3 Å². The number of aryl methyl sites for hydroxylation is 1. The minimum atomic E-state index is -0.462. The van der Waals surface area contributed by atoms with Gasteiger partial charge < -0.3 is 15.0 Å². The molecule has 2 aromatic carbocycles. The molecule has 9 heteroatoms. The van der Waals surface area contributed by atoms with E-state index < -0.39 is 5.41 Å². The van der Waals surface area contributed by atoms with Gasteiger partial charge in [-0.3, -0.25) is 9.78 Å². The highest BCUT2D eigenvalue weighted by molar-refractivity contribution is 6.05. The van der Waals surface area contributed by atoms with E-state index in [-0.39, 0.29) is 11.7 Å². The number of halogens is 1. The Morgan fingerprint density at radius 2 is 1.91 bits per heavy atom. The van der Waals surface area contributed by atoms with Crippen molar-refractivity contribution in [1.82, 2.24) is 24.9 Å². The summed E-state index contributed by atoms with van der Waals surface area (Å²) in [6.07, 6.45) is 10.1. The van der Waals surface area contributed by atoms with Gasteiger partial charge in [-0.05, 0) is 106 Å². The standard InChI is InChI=1S/C34H41FN6O2/c1-23-13-14-24(19-30(23)41-22-29(38-39-41)25-11-10-15-36-21-25)33(42)37-28-20-27(34(2,3)4)31(35)26(32(28)43-5)12-6-7-16-40-17-8-9-18-40/h10-11,13-15,19-22H,6-9,12,16-18H2,1-5H3,(H,37,42). The Kier molecular flexibility index (Phi) is 9.20. The third-order valence-electron chi connectivity index (χ3n) is 8.09. The maximum absolute atomic E-state index is 16.0. The number of amides is 1. The van der Waals surface area contributed by atoms with Gasteiger partial charge in [0, 0.05) is 29.1 Å². The molecule has 0 unspecified atom stereocenters. The minimum absolute atomic E-state index is 0.253. The Balaban J connectivity index is 1.41. The number of anilines is 1. The number of aromatic nitrogens is 4. The van der Waals surface area contributed by atoms with Gasteiger partial charge in [0.05, 0.1) is 24.7 Å². The zero-order valence-corrected chi connectivity index (χ0v) is 25.8. The maximum Gasteiger partial charge on any atom is 0.255 e. The van der Waals surface area contributed by atoms with Crippen LogP contribution in [0.5, 0.6) is 5.75 Å². The van der Waals surface area contributed by atoms with Crippen LogP contribution in [-0.4, -0.2) is 57.5 Å². The number of carbonyl (C=O) groups is 1. The second kappa shape index (κ2) is 13.0.